The molecule has 19 heavy (non-hydrogen) atoms. The van der Waals surface area contributed by atoms with Crippen molar-refractivity contribution >= 4 is 5.97 Å². The Hall–Kier alpha value is -2.23. The smallest absolute Gasteiger partial charge is 0.307 e. The Morgan fingerprint density at radius 2 is 1.89 bits per heavy atom. The lowest BCUT2D eigenvalue weighted by Gasteiger charge is -2.08. The number of halogens is 2. The standard InChI is InChI=1S/C15H12F2O2/c1-9-3-2-4-11(15(9)17)12-7-10(8-14(18)19)5-6-13(12)16/h2-7H,8H2,1H3,(H,18,19). The van der Waals surface area contributed by atoms with Crippen molar-refractivity contribution in [2.75, 3.05) is 0 Å². The second kappa shape index (κ2) is 5.18. The van der Waals surface area contributed by atoms with E-state index in [1.807, 2.05) is 0 Å². The third kappa shape index (κ3) is 2.78. The normalized spacial score (nSPS) is 10.5. The maximum Gasteiger partial charge on any atom is 0.307 e. The minimum atomic E-state index is -1.01. The van der Waals surface area contributed by atoms with E-state index < -0.39 is 17.6 Å². The predicted molar refractivity (Wildman–Crippen MR) is 67.9 cm³/mol. The Kier molecular flexibility index (Phi) is 3.60. The fourth-order valence-electron chi connectivity index (χ4n) is 1.92. The molecule has 0 saturated heterocycles. The lowest BCUT2D eigenvalue weighted by molar-refractivity contribution is -0.136. The van der Waals surface area contributed by atoms with Crippen LogP contribution in [0.1, 0.15) is 11.1 Å². The van der Waals surface area contributed by atoms with Crippen LogP contribution in [0.5, 0.6) is 0 Å². The van der Waals surface area contributed by atoms with Gasteiger partial charge in [0, 0.05) is 11.1 Å². The van der Waals surface area contributed by atoms with Crippen molar-refractivity contribution in [3.8, 4) is 11.1 Å². The lowest BCUT2D eigenvalue weighted by atomic mass is 9.99. The molecular weight excluding hydrogens is 250 g/mol. The SMILES string of the molecule is Cc1cccc(-c2cc(CC(=O)O)ccc2F)c1F. The van der Waals surface area contributed by atoms with Gasteiger partial charge in [0.2, 0.25) is 0 Å². The molecule has 0 heterocycles. The molecule has 0 aliphatic heterocycles. The maximum atomic E-state index is 14.0. The molecule has 2 nitrogen and oxygen atoms in total. The molecule has 2 aromatic carbocycles. The fraction of sp³-hybridized carbons (Fsp3) is 0.133. The van der Waals surface area contributed by atoms with E-state index in [1.165, 1.54) is 18.2 Å². The van der Waals surface area contributed by atoms with E-state index in [0.717, 1.165) is 6.07 Å². The zero-order valence-electron chi connectivity index (χ0n) is 10.3. The molecular formula is C15H12F2O2. The summed E-state index contributed by atoms with van der Waals surface area (Å²) in [5, 5.41) is 8.73. The second-order valence-corrected chi connectivity index (χ2v) is 4.32. The molecule has 0 saturated carbocycles. The minimum absolute atomic E-state index is 0.0833. The number of aryl methyl sites for hydroxylation is 1. The zero-order chi connectivity index (χ0) is 14.0. The first-order chi connectivity index (χ1) is 8.99. The summed E-state index contributed by atoms with van der Waals surface area (Å²) in [6.45, 7) is 1.60. The van der Waals surface area contributed by atoms with E-state index >= 15 is 0 Å². The molecule has 0 unspecified atom stereocenters. The first-order valence-corrected chi connectivity index (χ1v) is 5.74. The Balaban J connectivity index is 2.54. The highest BCUT2D eigenvalue weighted by Crippen LogP contribution is 2.28. The van der Waals surface area contributed by atoms with Crippen LogP contribution in [0.3, 0.4) is 0 Å². The number of carboxylic acids is 1. The molecule has 0 aliphatic carbocycles. The van der Waals surface area contributed by atoms with E-state index in [4.69, 9.17) is 5.11 Å². The summed E-state index contributed by atoms with van der Waals surface area (Å²) in [5.74, 6) is -2.07. The number of hydrogen-bond donors (Lipinski definition) is 1. The average Bonchev–Trinajstić information content (AvgIpc) is 2.35. The Bertz CT molecular complexity index is 636. The van der Waals surface area contributed by atoms with Crippen LogP contribution in [0, 0.1) is 18.6 Å². The second-order valence-electron chi connectivity index (χ2n) is 4.32. The Morgan fingerprint density at radius 3 is 2.58 bits per heavy atom. The van der Waals surface area contributed by atoms with Gasteiger partial charge >= 0.3 is 5.97 Å². The molecule has 0 spiro atoms. The van der Waals surface area contributed by atoms with Crippen molar-refractivity contribution in [2.24, 2.45) is 0 Å². The van der Waals surface area contributed by atoms with Crippen LogP contribution < -0.4 is 0 Å². The van der Waals surface area contributed by atoms with Crippen molar-refractivity contribution < 1.29 is 18.7 Å². The molecule has 1 N–H and O–H groups in total. The summed E-state index contributed by atoms with van der Waals surface area (Å²) < 4.78 is 27.8. The van der Waals surface area contributed by atoms with Gasteiger partial charge in [-0.1, -0.05) is 24.3 Å². The summed E-state index contributed by atoms with van der Waals surface area (Å²) in [6.07, 6.45) is -0.222. The highest BCUT2D eigenvalue weighted by Gasteiger charge is 2.13. The van der Waals surface area contributed by atoms with Gasteiger partial charge in [-0.15, -0.1) is 0 Å². The number of aliphatic carboxylic acids is 1. The van der Waals surface area contributed by atoms with Crippen molar-refractivity contribution in [3.63, 3.8) is 0 Å². The number of hydrogen-bond acceptors (Lipinski definition) is 1. The van der Waals surface area contributed by atoms with Crippen LogP contribution in [0.15, 0.2) is 36.4 Å². The third-order valence-corrected chi connectivity index (χ3v) is 2.87. The maximum absolute atomic E-state index is 14.0. The Labute approximate surface area is 109 Å². The largest absolute Gasteiger partial charge is 0.481 e. The van der Waals surface area contributed by atoms with Gasteiger partial charge in [-0.05, 0) is 30.2 Å². The van der Waals surface area contributed by atoms with E-state index in [-0.39, 0.29) is 17.5 Å². The van der Waals surface area contributed by atoms with Crippen LogP contribution in [0.4, 0.5) is 8.78 Å². The molecule has 0 amide bonds. The first kappa shape index (κ1) is 13.2. The molecule has 0 aliphatic rings. The first-order valence-electron chi connectivity index (χ1n) is 5.74. The summed E-state index contributed by atoms with van der Waals surface area (Å²) in [7, 11) is 0. The molecule has 0 aromatic heterocycles. The van der Waals surface area contributed by atoms with Gasteiger partial charge in [0.05, 0.1) is 6.42 Å². The zero-order valence-corrected chi connectivity index (χ0v) is 10.3. The van der Waals surface area contributed by atoms with Gasteiger partial charge in [-0.25, -0.2) is 8.78 Å². The summed E-state index contributed by atoms with van der Waals surface area (Å²) in [6, 6.07) is 8.64. The summed E-state index contributed by atoms with van der Waals surface area (Å²) >= 11 is 0. The number of rotatable bonds is 3. The quantitative estimate of drug-likeness (QED) is 0.918. The van der Waals surface area contributed by atoms with Crippen LogP contribution in [-0.4, -0.2) is 11.1 Å². The lowest BCUT2D eigenvalue weighted by Crippen LogP contribution is -2.01. The highest BCUT2D eigenvalue weighted by atomic mass is 19.1. The van der Waals surface area contributed by atoms with Crippen molar-refractivity contribution in [2.45, 2.75) is 13.3 Å². The van der Waals surface area contributed by atoms with E-state index in [1.54, 1.807) is 19.1 Å². The number of carboxylic acid groups (broad SMARTS) is 1. The molecule has 0 atom stereocenters. The number of carbonyl (C=O) groups is 1. The van der Waals surface area contributed by atoms with Crippen LogP contribution >= 0.6 is 0 Å². The van der Waals surface area contributed by atoms with E-state index in [0.29, 0.717) is 11.1 Å². The monoisotopic (exact) mass is 262 g/mol. The fourth-order valence-corrected chi connectivity index (χ4v) is 1.92. The van der Waals surface area contributed by atoms with Crippen molar-refractivity contribution in [1.82, 2.24) is 0 Å². The predicted octanol–water partition coefficient (Wildman–Crippen LogP) is 3.57. The van der Waals surface area contributed by atoms with Gasteiger partial charge in [0.25, 0.3) is 0 Å². The molecule has 98 valence electrons. The summed E-state index contributed by atoms with van der Waals surface area (Å²) in [4.78, 5) is 10.7. The molecule has 0 bridgehead atoms. The molecule has 4 heteroatoms. The molecule has 0 fully saturated rings. The van der Waals surface area contributed by atoms with Crippen LogP contribution in [-0.2, 0) is 11.2 Å². The summed E-state index contributed by atoms with van der Waals surface area (Å²) in [5.41, 5.74) is 1.08. The van der Waals surface area contributed by atoms with E-state index in [2.05, 4.69) is 0 Å². The highest BCUT2D eigenvalue weighted by molar-refractivity contribution is 5.72. The van der Waals surface area contributed by atoms with Crippen molar-refractivity contribution in [3.05, 3.63) is 59.2 Å². The number of benzene rings is 2. The molecule has 2 aromatic rings. The van der Waals surface area contributed by atoms with Gasteiger partial charge in [-0.2, -0.15) is 0 Å². The van der Waals surface area contributed by atoms with Gasteiger partial charge in [0.15, 0.2) is 0 Å². The van der Waals surface area contributed by atoms with Crippen LogP contribution in [0.25, 0.3) is 11.1 Å². The average molecular weight is 262 g/mol. The van der Waals surface area contributed by atoms with Gasteiger partial charge < -0.3 is 5.11 Å². The van der Waals surface area contributed by atoms with Gasteiger partial charge in [0.1, 0.15) is 11.6 Å². The van der Waals surface area contributed by atoms with Gasteiger partial charge in [-0.3, -0.25) is 4.79 Å². The Morgan fingerprint density at radius 1 is 1.16 bits per heavy atom. The minimum Gasteiger partial charge on any atom is -0.481 e. The topological polar surface area (TPSA) is 37.3 Å². The molecule has 0 radical (unpaired) electrons. The van der Waals surface area contributed by atoms with Crippen molar-refractivity contribution in [1.29, 1.82) is 0 Å². The third-order valence-electron chi connectivity index (χ3n) is 2.87. The van der Waals surface area contributed by atoms with Crippen LogP contribution in [0.2, 0.25) is 0 Å². The molecule has 2 rings (SSSR count). The van der Waals surface area contributed by atoms with E-state index in [9.17, 15) is 13.6 Å².